The highest BCUT2D eigenvalue weighted by molar-refractivity contribution is 5.95. The lowest BCUT2D eigenvalue weighted by Crippen LogP contribution is -2.51. The van der Waals surface area contributed by atoms with Crippen LogP contribution in [0.15, 0.2) is 58.3 Å². The molecule has 36 heavy (non-hydrogen) atoms. The van der Waals surface area contributed by atoms with E-state index in [1.54, 1.807) is 41.0 Å². The van der Waals surface area contributed by atoms with Crippen molar-refractivity contribution in [1.29, 1.82) is 0 Å². The van der Waals surface area contributed by atoms with Gasteiger partial charge in [-0.3, -0.25) is 14.6 Å². The largest absolute Gasteiger partial charge is 0.463 e. The number of carbonyl (C=O) groups excluding carboxylic acids is 3. The minimum Gasteiger partial charge on any atom is -0.463 e. The highest BCUT2D eigenvalue weighted by atomic mass is 19.1. The lowest BCUT2D eigenvalue weighted by Gasteiger charge is -2.38. The van der Waals surface area contributed by atoms with Crippen molar-refractivity contribution in [2.24, 2.45) is 0 Å². The normalized spacial score (nSPS) is 19.2. The second-order valence-electron chi connectivity index (χ2n) is 8.66. The fourth-order valence-corrected chi connectivity index (χ4v) is 4.66. The average molecular weight is 499 g/mol. The van der Waals surface area contributed by atoms with Crippen LogP contribution in [0.3, 0.4) is 0 Å². The zero-order valence-corrected chi connectivity index (χ0v) is 20.5. The number of rotatable bonds is 7. The maximum absolute atomic E-state index is 13.6. The van der Waals surface area contributed by atoms with E-state index in [1.165, 1.54) is 18.4 Å². The predicted molar refractivity (Wildman–Crippen MR) is 129 cm³/mol. The van der Waals surface area contributed by atoms with Crippen LogP contribution in [0.5, 0.6) is 0 Å². The Morgan fingerprint density at radius 3 is 2.56 bits per heavy atom. The van der Waals surface area contributed by atoms with Crippen molar-refractivity contribution in [2.75, 3.05) is 45.9 Å². The lowest BCUT2D eigenvalue weighted by molar-refractivity contribution is -0.139. The van der Waals surface area contributed by atoms with Gasteiger partial charge in [0.05, 0.1) is 24.5 Å². The summed E-state index contributed by atoms with van der Waals surface area (Å²) in [5.74, 6) is -0.781. The number of ether oxygens (including phenoxy) is 1. The first-order chi connectivity index (χ1) is 17.4. The summed E-state index contributed by atoms with van der Waals surface area (Å²) in [7, 11) is 0. The number of esters is 1. The first-order valence-electron chi connectivity index (χ1n) is 12.2. The van der Waals surface area contributed by atoms with Crippen molar-refractivity contribution in [2.45, 2.75) is 26.3 Å². The Balaban J connectivity index is 1.63. The van der Waals surface area contributed by atoms with Crippen LogP contribution in [0.25, 0.3) is 0 Å². The first kappa shape index (κ1) is 25.4. The van der Waals surface area contributed by atoms with Crippen LogP contribution in [-0.4, -0.2) is 78.5 Å². The number of nitrogens with one attached hydrogen (secondary N) is 1. The quantitative estimate of drug-likeness (QED) is 0.590. The second kappa shape index (κ2) is 11.4. The Morgan fingerprint density at radius 1 is 1.11 bits per heavy atom. The van der Waals surface area contributed by atoms with Gasteiger partial charge in [0.15, 0.2) is 5.76 Å². The van der Waals surface area contributed by atoms with Crippen LogP contribution in [0.2, 0.25) is 0 Å². The van der Waals surface area contributed by atoms with Crippen molar-refractivity contribution < 1.29 is 27.9 Å². The predicted octanol–water partition coefficient (Wildman–Crippen LogP) is 3.17. The third kappa shape index (κ3) is 5.43. The Morgan fingerprint density at radius 2 is 1.89 bits per heavy atom. The SMILES string of the molecule is CCOC(=O)C1=C(CN2CCCN(C(=O)c3ccco3)CC2)N(CC)C(=O)NC1c1ccc(F)cc1. The summed E-state index contributed by atoms with van der Waals surface area (Å²) in [6.07, 6.45) is 2.21. The second-order valence-corrected chi connectivity index (χ2v) is 8.66. The summed E-state index contributed by atoms with van der Waals surface area (Å²) in [6.45, 7) is 6.74. The van der Waals surface area contributed by atoms with Crippen molar-refractivity contribution in [3.8, 4) is 0 Å². The highest BCUT2D eigenvalue weighted by Crippen LogP contribution is 2.32. The molecule has 3 heterocycles. The van der Waals surface area contributed by atoms with Gasteiger partial charge in [-0.2, -0.15) is 0 Å². The van der Waals surface area contributed by atoms with Gasteiger partial charge < -0.3 is 19.4 Å². The molecule has 1 aromatic carbocycles. The molecular formula is C26H31FN4O5. The molecule has 1 N–H and O–H groups in total. The Labute approximate surface area is 209 Å². The number of furan rings is 1. The maximum Gasteiger partial charge on any atom is 0.338 e. The fourth-order valence-electron chi connectivity index (χ4n) is 4.66. The number of urea groups is 1. The molecule has 192 valence electrons. The molecule has 0 radical (unpaired) electrons. The molecule has 1 fully saturated rings. The smallest absolute Gasteiger partial charge is 0.338 e. The van der Waals surface area contributed by atoms with Gasteiger partial charge in [0.1, 0.15) is 5.82 Å². The topological polar surface area (TPSA) is 95.3 Å². The van der Waals surface area contributed by atoms with E-state index >= 15 is 0 Å². The minimum absolute atomic E-state index is 0.156. The molecule has 1 atom stereocenters. The van der Waals surface area contributed by atoms with Crippen molar-refractivity contribution in [3.05, 3.63) is 71.1 Å². The minimum atomic E-state index is -0.765. The average Bonchev–Trinajstić information content (AvgIpc) is 3.31. The molecule has 3 amide bonds. The van der Waals surface area contributed by atoms with Crippen LogP contribution in [-0.2, 0) is 9.53 Å². The monoisotopic (exact) mass is 498 g/mol. The number of benzene rings is 1. The zero-order chi connectivity index (χ0) is 25.7. The molecule has 2 aliphatic heterocycles. The van der Waals surface area contributed by atoms with Gasteiger partial charge in [-0.1, -0.05) is 12.1 Å². The number of halogens is 1. The van der Waals surface area contributed by atoms with Crippen LogP contribution < -0.4 is 5.32 Å². The van der Waals surface area contributed by atoms with Gasteiger partial charge >= 0.3 is 12.0 Å². The molecule has 0 saturated carbocycles. The Hall–Kier alpha value is -3.66. The van der Waals surface area contributed by atoms with Gasteiger partial charge in [-0.25, -0.2) is 14.0 Å². The molecule has 9 nitrogen and oxygen atoms in total. The van der Waals surface area contributed by atoms with E-state index in [4.69, 9.17) is 9.15 Å². The molecular weight excluding hydrogens is 467 g/mol. The summed E-state index contributed by atoms with van der Waals surface area (Å²) < 4.78 is 24.2. The highest BCUT2D eigenvalue weighted by Gasteiger charge is 2.38. The van der Waals surface area contributed by atoms with E-state index in [2.05, 4.69) is 10.2 Å². The van der Waals surface area contributed by atoms with Crippen LogP contribution in [0, 0.1) is 5.82 Å². The summed E-state index contributed by atoms with van der Waals surface area (Å²) in [4.78, 5) is 44.4. The fraction of sp³-hybridized carbons (Fsp3) is 0.423. The maximum atomic E-state index is 13.6. The molecule has 1 aromatic heterocycles. The Bertz CT molecular complexity index is 1120. The van der Waals surface area contributed by atoms with Crippen LogP contribution >= 0.6 is 0 Å². The van der Waals surface area contributed by atoms with Gasteiger partial charge in [-0.05, 0) is 50.1 Å². The molecule has 0 bridgehead atoms. The van der Waals surface area contributed by atoms with Crippen LogP contribution in [0.1, 0.15) is 42.4 Å². The third-order valence-corrected chi connectivity index (χ3v) is 6.43. The summed E-state index contributed by atoms with van der Waals surface area (Å²) in [6, 6.07) is 7.96. The molecule has 0 spiro atoms. The van der Waals surface area contributed by atoms with E-state index in [0.29, 0.717) is 61.9 Å². The van der Waals surface area contributed by atoms with Gasteiger partial charge in [0, 0.05) is 45.0 Å². The standard InChI is InChI=1S/C26H31FN4O5/c1-3-31-20(17-29-12-6-13-30(15-14-29)24(32)21-7-5-16-36-21)22(25(33)35-4-2)23(28-26(31)34)18-8-10-19(27)11-9-18/h5,7-11,16,23H,3-4,6,12-15,17H2,1-2H3,(H,28,34). The number of carbonyl (C=O) groups is 3. The van der Waals surface area contributed by atoms with E-state index in [1.807, 2.05) is 6.92 Å². The van der Waals surface area contributed by atoms with Crippen molar-refractivity contribution in [1.82, 2.24) is 20.0 Å². The number of amides is 3. The van der Waals surface area contributed by atoms with Crippen LogP contribution in [0.4, 0.5) is 9.18 Å². The molecule has 10 heteroatoms. The zero-order valence-electron chi connectivity index (χ0n) is 20.5. The molecule has 4 rings (SSSR count). The van der Waals surface area contributed by atoms with Gasteiger partial charge in [0.25, 0.3) is 5.91 Å². The first-order valence-corrected chi connectivity index (χ1v) is 12.2. The third-order valence-electron chi connectivity index (χ3n) is 6.43. The number of likely N-dealkylation sites (N-methyl/N-ethyl adjacent to an activating group) is 1. The summed E-state index contributed by atoms with van der Waals surface area (Å²) >= 11 is 0. The van der Waals surface area contributed by atoms with Gasteiger partial charge in [0.2, 0.25) is 0 Å². The summed E-state index contributed by atoms with van der Waals surface area (Å²) in [5.41, 5.74) is 1.48. The number of nitrogens with zero attached hydrogens (tertiary/aromatic N) is 3. The van der Waals surface area contributed by atoms with E-state index in [0.717, 1.165) is 6.42 Å². The molecule has 0 aliphatic carbocycles. The number of hydrogen-bond donors (Lipinski definition) is 1. The van der Waals surface area contributed by atoms with Crippen molar-refractivity contribution >= 4 is 17.9 Å². The molecule has 1 saturated heterocycles. The van der Waals surface area contributed by atoms with E-state index < -0.39 is 17.8 Å². The van der Waals surface area contributed by atoms with Gasteiger partial charge in [-0.15, -0.1) is 0 Å². The molecule has 2 aliphatic rings. The Kier molecular flexibility index (Phi) is 8.04. The lowest BCUT2D eigenvalue weighted by atomic mass is 9.94. The van der Waals surface area contributed by atoms with E-state index in [-0.39, 0.29) is 18.5 Å². The van der Waals surface area contributed by atoms with E-state index in [9.17, 15) is 18.8 Å². The van der Waals surface area contributed by atoms with Crippen molar-refractivity contribution in [3.63, 3.8) is 0 Å². The number of hydrogen-bond acceptors (Lipinski definition) is 6. The summed E-state index contributed by atoms with van der Waals surface area (Å²) in [5, 5.41) is 2.88. The molecule has 2 aromatic rings. The molecule has 1 unspecified atom stereocenters.